The zero-order chi connectivity index (χ0) is 24.7. The third-order valence-corrected chi connectivity index (χ3v) is 3.25. The number of hydrogen-bond donors (Lipinski definition) is 6. The third kappa shape index (κ3) is 16.3. The molecule has 0 fully saturated rings. The second-order valence-corrected chi connectivity index (χ2v) is 6.18. The van der Waals surface area contributed by atoms with E-state index in [0.717, 1.165) is 5.69 Å². The van der Waals surface area contributed by atoms with Gasteiger partial charge in [-0.1, -0.05) is 7.43 Å². The Kier molecular flexibility index (Phi) is 15.7. The molecule has 2 aromatic rings. The minimum absolute atomic E-state index is 0. The first-order valence-electron chi connectivity index (χ1n) is 9.04. The molecule has 0 bridgehead atoms. The molecule has 2 aromatic heterocycles. The summed E-state index contributed by atoms with van der Waals surface area (Å²) >= 11 is 0. The molecule has 1 amide bonds. The van der Waals surface area contributed by atoms with Crippen molar-refractivity contribution < 1.29 is 38.9 Å². The number of imidazole rings is 2. The number of aromatic amines is 2. The monoisotopic (exact) mass is 470 g/mol. The summed E-state index contributed by atoms with van der Waals surface area (Å²) in [6, 6.07) is -1.76. The number of carboxylic acid groups (broad SMARTS) is 2. The summed E-state index contributed by atoms with van der Waals surface area (Å²) in [4.78, 5) is 64.3. The molecule has 0 radical (unpaired) electrons. The summed E-state index contributed by atoms with van der Waals surface area (Å²) in [7, 11) is 0. The predicted molar refractivity (Wildman–Crippen MR) is 115 cm³/mol. The van der Waals surface area contributed by atoms with Crippen LogP contribution in [-0.4, -0.2) is 72.0 Å². The normalized spacial score (nSPS) is 11.0. The number of carboxylic acids is 2. The molecule has 0 aliphatic rings. The lowest BCUT2D eigenvalue weighted by molar-refractivity contribution is -0.156. The fourth-order valence-electron chi connectivity index (χ4n) is 1.98. The third-order valence-electron chi connectivity index (χ3n) is 3.25. The molecule has 2 unspecified atom stereocenters. The van der Waals surface area contributed by atoms with Crippen molar-refractivity contribution in [1.29, 1.82) is 0 Å². The number of esters is 2. The number of carbonyl (C=O) groups is 5. The van der Waals surface area contributed by atoms with Crippen LogP contribution in [0.5, 0.6) is 0 Å². The van der Waals surface area contributed by atoms with Crippen LogP contribution < -0.4 is 11.1 Å². The zero-order valence-corrected chi connectivity index (χ0v) is 17.7. The smallest absolute Gasteiger partial charge is 0.326 e. The second-order valence-electron chi connectivity index (χ2n) is 6.18. The Bertz CT molecular complexity index is 855. The fraction of sp³-hybridized carbons (Fsp3) is 0.421. The molecule has 184 valence electrons. The number of H-pyrrole nitrogens is 2. The van der Waals surface area contributed by atoms with Crippen molar-refractivity contribution in [1.82, 2.24) is 25.3 Å². The van der Waals surface area contributed by atoms with E-state index in [1.54, 1.807) is 6.20 Å². The first kappa shape index (κ1) is 31.1. The molecule has 0 spiro atoms. The summed E-state index contributed by atoms with van der Waals surface area (Å²) in [5.74, 6) is -3.55. The van der Waals surface area contributed by atoms with Gasteiger partial charge in [-0.05, 0) is 0 Å². The Labute approximate surface area is 190 Å². The van der Waals surface area contributed by atoms with Gasteiger partial charge in [-0.25, -0.2) is 14.8 Å². The van der Waals surface area contributed by atoms with E-state index in [9.17, 15) is 24.0 Å². The molecule has 0 aliphatic heterocycles. The molecule has 14 nitrogen and oxygen atoms in total. The van der Waals surface area contributed by atoms with Crippen LogP contribution in [0.4, 0.5) is 0 Å². The van der Waals surface area contributed by atoms with Crippen LogP contribution in [0, 0.1) is 0 Å². The van der Waals surface area contributed by atoms with Crippen LogP contribution in [0.1, 0.15) is 39.6 Å². The summed E-state index contributed by atoms with van der Waals surface area (Å²) in [5.41, 5.74) is 6.67. The van der Waals surface area contributed by atoms with Crippen molar-refractivity contribution in [3.8, 4) is 0 Å². The van der Waals surface area contributed by atoms with Gasteiger partial charge in [0.1, 0.15) is 12.1 Å². The number of hydrogen-bond acceptors (Lipinski definition) is 9. The van der Waals surface area contributed by atoms with Gasteiger partial charge in [0.05, 0.1) is 12.7 Å². The van der Waals surface area contributed by atoms with E-state index in [4.69, 9.17) is 15.9 Å². The van der Waals surface area contributed by atoms with E-state index in [0.29, 0.717) is 5.69 Å². The maximum Gasteiger partial charge on any atom is 0.326 e. The molecular weight excluding hydrogens is 440 g/mol. The second kappa shape index (κ2) is 16.6. The average molecular weight is 470 g/mol. The van der Waals surface area contributed by atoms with E-state index in [1.165, 1.54) is 39.6 Å². The summed E-state index contributed by atoms with van der Waals surface area (Å²) in [5, 5.41) is 19.5. The van der Waals surface area contributed by atoms with Crippen molar-refractivity contribution in [3.63, 3.8) is 0 Å². The summed E-state index contributed by atoms with van der Waals surface area (Å²) < 4.78 is 3.97. The molecule has 0 saturated heterocycles. The van der Waals surface area contributed by atoms with Gasteiger partial charge in [0, 0.05) is 57.4 Å². The number of nitrogens with zero attached hydrogens (tertiary/aromatic N) is 2. The molecule has 0 aliphatic carbocycles. The highest BCUT2D eigenvalue weighted by Gasteiger charge is 2.19. The lowest BCUT2D eigenvalue weighted by Gasteiger charge is -2.11. The highest BCUT2D eigenvalue weighted by molar-refractivity contribution is 5.82. The van der Waals surface area contributed by atoms with Gasteiger partial charge in [-0.3, -0.25) is 19.2 Å². The molecular formula is C19H30N6O8. The molecule has 2 heterocycles. The summed E-state index contributed by atoms with van der Waals surface area (Å²) in [6.45, 7) is 3.64. The molecule has 0 saturated carbocycles. The topological polar surface area (TPSA) is 230 Å². The highest BCUT2D eigenvalue weighted by atomic mass is 16.6. The lowest BCUT2D eigenvalue weighted by atomic mass is 10.1. The Morgan fingerprint density at radius 1 is 0.939 bits per heavy atom. The van der Waals surface area contributed by atoms with Gasteiger partial charge < -0.3 is 36.0 Å². The van der Waals surface area contributed by atoms with Crippen LogP contribution >= 0.6 is 0 Å². The number of nitrogens with one attached hydrogen (secondary N) is 3. The fourth-order valence-corrected chi connectivity index (χ4v) is 1.98. The van der Waals surface area contributed by atoms with Crippen molar-refractivity contribution in [2.24, 2.45) is 5.73 Å². The van der Waals surface area contributed by atoms with Gasteiger partial charge in [0.15, 0.2) is 0 Å². The Morgan fingerprint density at radius 3 is 1.67 bits per heavy atom. The minimum Gasteiger partial charge on any atom is -0.480 e. The number of carbonyl (C=O) groups excluding carboxylic acids is 3. The number of rotatable bonds is 7. The summed E-state index contributed by atoms with van der Waals surface area (Å²) in [6.07, 6.45) is 6.52. The van der Waals surface area contributed by atoms with Crippen LogP contribution in [-0.2, 0) is 41.6 Å². The number of aliphatic carboxylic acids is 2. The number of ether oxygens (including phenoxy) is 1. The van der Waals surface area contributed by atoms with E-state index < -0.39 is 36.0 Å². The highest BCUT2D eigenvalue weighted by Crippen LogP contribution is 1.98. The van der Waals surface area contributed by atoms with Crippen molar-refractivity contribution in [3.05, 3.63) is 36.4 Å². The maximum absolute atomic E-state index is 10.7. The predicted octanol–water partition coefficient (Wildman–Crippen LogP) is -0.362. The first-order valence-corrected chi connectivity index (χ1v) is 9.04. The molecule has 7 N–H and O–H groups in total. The standard InChI is InChI=1S/C8H11N3O3.C6H9N3O2.C4H6O3.CH4/c1-5(12)11-7(8(13)14)2-6-3-9-4-10-6;7-5(6(10)11)1-4-2-8-3-9-4;1-3(5)7-4(2)6;/h3-4,7H,2H2,1H3,(H,9,10)(H,11,12)(H,13,14);2-3,5H,1,7H2,(H,8,9)(H,10,11);1-2H3;1H4. The molecule has 0 aromatic carbocycles. The maximum atomic E-state index is 10.7. The van der Waals surface area contributed by atoms with E-state index in [2.05, 4.69) is 30.0 Å². The molecule has 33 heavy (non-hydrogen) atoms. The van der Waals surface area contributed by atoms with Crippen molar-refractivity contribution in [2.45, 2.75) is 53.1 Å². The van der Waals surface area contributed by atoms with E-state index >= 15 is 0 Å². The van der Waals surface area contributed by atoms with Crippen molar-refractivity contribution in [2.75, 3.05) is 0 Å². The Morgan fingerprint density at radius 2 is 1.39 bits per heavy atom. The minimum atomic E-state index is -1.06. The van der Waals surface area contributed by atoms with Gasteiger partial charge >= 0.3 is 23.9 Å². The van der Waals surface area contributed by atoms with Gasteiger partial charge in [0.2, 0.25) is 5.91 Å². The molecule has 2 atom stereocenters. The van der Waals surface area contributed by atoms with Crippen molar-refractivity contribution >= 4 is 29.8 Å². The van der Waals surface area contributed by atoms with Crippen LogP contribution in [0.25, 0.3) is 0 Å². The lowest BCUT2D eigenvalue weighted by Crippen LogP contribution is -2.41. The van der Waals surface area contributed by atoms with Gasteiger partial charge in [0.25, 0.3) is 0 Å². The van der Waals surface area contributed by atoms with Crippen LogP contribution in [0.3, 0.4) is 0 Å². The quantitative estimate of drug-likeness (QED) is 0.226. The van der Waals surface area contributed by atoms with Gasteiger partial charge in [-0.15, -0.1) is 0 Å². The zero-order valence-electron chi connectivity index (χ0n) is 17.7. The first-order chi connectivity index (χ1) is 14.9. The molecule has 14 heteroatoms. The van der Waals surface area contributed by atoms with E-state index in [1.807, 2.05) is 0 Å². The number of nitrogens with two attached hydrogens (primary N) is 1. The largest absolute Gasteiger partial charge is 0.480 e. The SMILES string of the molecule is C.CC(=O)NC(Cc1cnc[nH]1)C(=O)O.CC(=O)OC(C)=O.NC(Cc1cnc[nH]1)C(=O)O. The number of amides is 1. The number of aromatic nitrogens is 4. The van der Waals surface area contributed by atoms with Crippen LogP contribution in [0.2, 0.25) is 0 Å². The Hall–Kier alpha value is -4.07. The van der Waals surface area contributed by atoms with E-state index in [-0.39, 0.29) is 26.2 Å². The van der Waals surface area contributed by atoms with Gasteiger partial charge in [-0.2, -0.15) is 0 Å². The molecule has 2 rings (SSSR count). The van der Waals surface area contributed by atoms with Crippen LogP contribution in [0.15, 0.2) is 25.0 Å². The Balaban J connectivity index is 0. The average Bonchev–Trinajstić information content (AvgIpc) is 3.34.